The van der Waals surface area contributed by atoms with Crippen molar-refractivity contribution in [3.8, 4) is 0 Å². The molecule has 510 valence electrons. The minimum atomic E-state index is -4.95. The van der Waals surface area contributed by atoms with E-state index in [0.29, 0.717) is 25.7 Å². The van der Waals surface area contributed by atoms with E-state index in [9.17, 15) is 43.2 Å². The highest BCUT2D eigenvalue weighted by Crippen LogP contribution is 2.45. The maximum absolute atomic E-state index is 13.0. The van der Waals surface area contributed by atoms with Crippen molar-refractivity contribution in [1.29, 1.82) is 0 Å². The summed E-state index contributed by atoms with van der Waals surface area (Å²) in [6, 6.07) is 0. The molecule has 86 heavy (non-hydrogen) atoms. The van der Waals surface area contributed by atoms with Crippen LogP contribution in [0.25, 0.3) is 0 Å². The molecule has 0 bridgehead atoms. The Balaban J connectivity index is 5.21. The number of phosphoric ester groups is 2. The van der Waals surface area contributed by atoms with Crippen molar-refractivity contribution >= 4 is 39.5 Å². The van der Waals surface area contributed by atoms with Crippen LogP contribution in [0.1, 0.15) is 337 Å². The lowest BCUT2D eigenvalue weighted by molar-refractivity contribution is -0.161. The van der Waals surface area contributed by atoms with E-state index < -0.39 is 97.5 Å². The van der Waals surface area contributed by atoms with Gasteiger partial charge in [-0.05, 0) is 37.5 Å². The molecule has 0 rings (SSSR count). The van der Waals surface area contributed by atoms with E-state index in [0.717, 1.165) is 115 Å². The standard InChI is InChI=1S/C67H130O17P2/c1-7-10-12-14-16-17-21-25-33-39-45-51-66(71)83-62(55-77-64(69)49-43-37-29-15-13-11-8-2)57-81-85(73,74)79-53-61(68)54-80-86(75,76)82-58-63(56-78-65(70)50-44-38-32-28-27-31-36-42-48-60(6)9-3)84-67(72)52-46-40-34-26-23-20-18-19-22-24-30-35-41-47-59(4)5/h59-63,68H,7-58H2,1-6H3,(H,73,74)(H,75,76)/t60?,61-,62+,63+/m0/s1. The first kappa shape index (κ1) is 84.1. The van der Waals surface area contributed by atoms with E-state index in [1.807, 2.05) is 0 Å². The lowest BCUT2D eigenvalue weighted by Gasteiger charge is -2.21. The molecule has 0 heterocycles. The Labute approximate surface area is 524 Å². The highest BCUT2D eigenvalue weighted by atomic mass is 31.2. The third kappa shape index (κ3) is 59.7. The largest absolute Gasteiger partial charge is 0.472 e. The monoisotopic (exact) mass is 1270 g/mol. The lowest BCUT2D eigenvalue weighted by atomic mass is 9.99. The third-order valence-corrected chi connectivity index (χ3v) is 17.7. The molecule has 0 saturated heterocycles. The molecule has 0 amide bonds. The summed E-state index contributed by atoms with van der Waals surface area (Å²) in [7, 11) is -9.89. The van der Waals surface area contributed by atoms with Gasteiger partial charge in [-0.25, -0.2) is 9.13 Å². The lowest BCUT2D eigenvalue weighted by Crippen LogP contribution is -2.30. The van der Waals surface area contributed by atoms with E-state index >= 15 is 0 Å². The van der Waals surface area contributed by atoms with Gasteiger partial charge in [-0.15, -0.1) is 0 Å². The zero-order chi connectivity index (χ0) is 63.6. The fraction of sp³-hybridized carbons (Fsp3) is 0.940. The highest BCUT2D eigenvalue weighted by Gasteiger charge is 2.30. The van der Waals surface area contributed by atoms with Crippen LogP contribution in [0, 0.1) is 11.8 Å². The summed E-state index contributed by atoms with van der Waals surface area (Å²) in [6.07, 6.45) is 43.0. The number of rotatable bonds is 66. The molecule has 0 spiro atoms. The molecule has 0 radical (unpaired) electrons. The summed E-state index contributed by atoms with van der Waals surface area (Å²) in [5.74, 6) is -0.568. The van der Waals surface area contributed by atoms with Crippen molar-refractivity contribution in [2.24, 2.45) is 11.8 Å². The van der Waals surface area contributed by atoms with E-state index in [2.05, 4.69) is 41.5 Å². The van der Waals surface area contributed by atoms with Crippen LogP contribution in [-0.2, 0) is 65.4 Å². The van der Waals surface area contributed by atoms with Crippen LogP contribution in [0.2, 0.25) is 0 Å². The number of carbonyl (C=O) groups is 4. The molecule has 0 aromatic heterocycles. The molecule has 0 aliphatic heterocycles. The first-order valence-corrected chi connectivity index (χ1v) is 38.0. The minimum Gasteiger partial charge on any atom is -0.462 e. The Kier molecular flexibility index (Phi) is 58.0. The quantitative estimate of drug-likeness (QED) is 0.0222. The van der Waals surface area contributed by atoms with E-state index in [1.54, 1.807) is 0 Å². The van der Waals surface area contributed by atoms with Crippen molar-refractivity contribution in [3.63, 3.8) is 0 Å². The van der Waals surface area contributed by atoms with Gasteiger partial charge >= 0.3 is 39.5 Å². The van der Waals surface area contributed by atoms with E-state index in [1.165, 1.54) is 141 Å². The molecule has 17 nitrogen and oxygen atoms in total. The summed E-state index contributed by atoms with van der Waals surface area (Å²) in [6.45, 7) is 9.50. The smallest absolute Gasteiger partial charge is 0.462 e. The van der Waals surface area contributed by atoms with E-state index in [-0.39, 0.29) is 25.7 Å². The zero-order valence-corrected chi connectivity index (χ0v) is 57.4. The molecular formula is C67H130O17P2. The highest BCUT2D eigenvalue weighted by molar-refractivity contribution is 7.47. The maximum Gasteiger partial charge on any atom is 0.472 e. The third-order valence-electron chi connectivity index (χ3n) is 15.8. The molecule has 6 atom stereocenters. The number of aliphatic hydroxyl groups excluding tert-OH is 1. The summed E-state index contributed by atoms with van der Waals surface area (Å²) in [5.41, 5.74) is 0. The van der Waals surface area contributed by atoms with Crippen molar-refractivity contribution in [2.75, 3.05) is 39.6 Å². The van der Waals surface area contributed by atoms with Crippen LogP contribution < -0.4 is 0 Å². The Morgan fingerprint density at radius 2 is 0.593 bits per heavy atom. The number of phosphoric acid groups is 2. The SMILES string of the molecule is CCCCCCCCCCCCCC(=O)O[C@H](COC(=O)CCCCCCCCC)COP(=O)(O)OC[C@H](O)COP(=O)(O)OC[C@@H](COC(=O)CCCCCCCCCCC(C)CC)OC(=O)CCCCCCCCCCCCCCCC(C)C. The van der Waals surface area contributed by atoms with Crippen LogP contribution in [0.4, 0.5) is 0 Å². The molecule has 0 fully saturated rings. The van der Waals surface area contributed by atoms with Gasteiger partial charge in [0.1, 0.15) is 19.3 Å². The fourth-order valence-corrected chi connectivity index (χ4v) is 11.6. The van der Waals surface area contributed by atoms with Crippen LogP contribution in [-0.4, -0.2) is 96.7 Å². The molecule has 19 heteroatoms. The predicted octanol–water partition coefficient (Wildman–Crippen LogP) is 18.8. The second-order valence-corrected chi connectivity index (χ2v) is 27.8. The second-order valence-electron chi connectivity index (χ2n) is 24.9. The Morgan fingerprint density at radius 3 is 0.884 bits per heavy atom. The number of hydrogen-bond acceptors (Lipinski definition) is 15. The van der Waals surface area contributed by atoms with Crippen LogP contribution in [0.5, 0.6) is 0 Å². The Bertz CT molecular complexity index is 1690. The van der Waals surface area contributed by atoms with Crippen molar-refractivity contribution < 1.29 is 80.2 Å². The van der Waals surface area contributed by atoms with Gasteiger partial charge in [0.05, 0.1) is 26.4 Å². The van der Waals surface area contributed by atoms with Gasteiger partial charge in [0.2, 0.25) is 0 Å². The molecule has 0 aliphatic carbocycles. The topological polar surface area (TPSA) is 237 Å². The summed E-state index contributed by atoms with van der Waals surface area (Å²) in [5, 5.41) is 10.5. The van der Waals surface area contributed by atoms with Gasteiger partial charge < -0.3 is 33.8 Å². The van der Waals surface area contributed by atoms with Crippen molar-refractivity contribution in [2.45, 2.75) is 355 Å². The van der Waals surface area contributed by atoms with Gasteiger partial charge in [-0.2, -0.15) is 0 Å². The van der Waals surface area contributed by atoms with Crippen molar-refractivity contribution in [3.05, 3.63) is 0 Å². The van der Waals surface area contributed by atoms with Gasteiger partial charge in [0.15, 0.2) is 12.2 Å². The number of carbonyl (C=O) groups excluding carboxylic acids is 4. The molecular weight excluding hydrogens is 1140 g/mol. The first-order valence-electron chi connectivity index (χ1n) is 35.0. The Morgan fingerprint density at radius 1 is 0.337 bits per heavy atom. The van der Waals surface area contributed by atoms with Gasteiger partial charge in [-0.3, -0.25) is 37.3 Å². The molecule has 0 aromatic carbocycles. The van der Waals surface area contributed by atoms with Crippen LogP contribution in [0.15, 0.2) is 0 Å². The maximum atomic E-state index is 13.0. The average Bonchev–Trinajstić information content (AvgIpc) is 3.68. The van der Waals surface area contributed by atoms with Crippen LogP contribution in [0.3, 0.4) is 0 Å². The predicted molar refractivity (Wildman–Crippen MR) is 345 cm³/mol. The molecule has 3 N–H and O–H groups in total. The summed E-state index contributed by atoms with van der Waals surface area (Å²) < 4.78 is 68.1. The summed E-state index contributed by atoms with van der Waals surface area (Å²) in [4.78, 5) is 72.3. The summed E-state index contributed by atoms with van der Waals surface area (Å²) >= 11 is 0. The molecule has 3 unspecified atom stereocenters. The number of esters is 4. The van der Waals surface area contributed by atoms with Gasteiger partial charge in [-0.1, -0.05) is 286 Å². The molecule has 0 aromatic rings. The average molecular weight is 1270 g/mol. The minimum absolute atomic E-state index is 0.106. The fourth-order valence-electron chi connectivity index (χ4n) is 10.0. The first-order chi connectivity index (χ1) is 41.4. The molecule has 0 aliphatic rings. The van der Waals surface area contributed by atoms with Crippen LogP contribution >= 0.6 is 15.6 Å². The number of ether oxygens (including phenoxy) is 4. The Hall–Kier alpha value is -1.94. The van der Waals surface area contributed by atoms with E-state index in [4.69, 9.17) is 37.0 Å². The van der Waals surface area contributed by atoms with Gasteiger partial charge in [0.25, 0.3) is 0 Å². The number of unbranched alkanes of at least 4 members (excludes halogenated alkanes) is 35. The van der Waals surface area contributed by atoms with Crippen molar-refractivity contribution in [1.82, 2.24) is 0 Å². The van der Waals surface area contributed by atoms with Gasteiger partial charge in [0, 0.05) is 25.7 Å². The number of hydrogen-bond donors (Lipinski definition) is 3. The second kappa shape index (κ2) is 59.4. The zero-order valence-electron chi connectivity index (χ0n) is 55.6. The molecule has 0 saturated carbocycles. The normalized spacial score (nSPS) is 14.5. The number of aliphatic hydroxyl groups is 1.